The Labute approximate surface area is 138 Å². The summed E-state index contributed by atoms with van der Waals surface area (Å²) in [6.45, 7) is 6.27. The second-order valence-electron chi connectivity index (χ2n) is 5.09. The largest absolute Gasteiger partial charge is 0.494 e. The van der Waals surface area contributed by atoms with Crippen molar-refractivity contribution in [2.45, 2.75) is 19.8 Å². The smallest absolute Gasteiger partial charge is 0.260 e. The van der Waals surface area contributed by atoms with Crippen LogP contribution in [0.1, 0.15) is 19.8 Å². The number of nitrogens with one attached hydrogen (secondary N) is 1. The van der Waals surface area contributed by atoms with Gasteiger partial charge in [0.05, 0.1) is 6.61 Å². The van der Waals surface area contributed by atoms with Crippen LogP contribution in [0.4, 0.5) is 0 Å². The lowest BCUT2D eigenvalue weighted by atomic mass is 10.3. The minimum atomic E-state index is 0. The first kappa shape index (κ1) is 18.6. The minimum Gasteiger partial charge on any atom is -0.494 e. The predicted molar refractivity (Wildman–Crippen MR) is 89.0 cm³/mol. The quantitative estimate of drug-likeness (QED) is 0.869. The standard InChI is InChI=1S/C16H24N2O3.ClH/c1-2-12-20-14-4-6-15(7-5-14)21-13-16(19)18-10-3-8-17-9-11-18;/h4-7,17H,2-3,8-13H2,1H3;1H. The summed E-state index contributed by atoms with van der Waals surface area (Å²) in [5, 5.41) is 3.28. The van der Waals surface area contributed by atoms with Crippen LogP contribution in [0.3, 0.4) is 0 Å². The van der Waals surface area contributed by atoms with Crippen LogP contribution >= 0.6 is 12.4 Å². The summed E-state index contributed by atoms with van der Waals surface area (Å²) in [4.78, 5) is 13.9. The van der Waals surface area contributed by atoms with Crippen molar-refractivity contribution in [1.82, 2.24) is 10.2 Å². The molecule has 0 radical (unpaired) electrons. The number of amides is 1. The predicted octanol–water partition coefficient (Wildman–Crippen LogP) is 2.10. The molecule has 0 spiro atoms. The van der Waals surface area contributed by atoms with Crippen molar-refractivity contribution in [2.75, 3.05) is 39.4 Å². The fraction of sp³-hybridized carbons (Fsp3) is 0.562. The molecule has 1 N–H and O–H groups in total. The zero-order valence-electron chi connectivity index (χ0n) is 13.0. The summed E-state index contributed by atoms with van der Waals surface area (Å²) >= 11 is 0. The molecule has 22 heavy (non-hydrogen) atoms. The average Bonchev–Trinajstić information content (AvgIpc) is 2.81. The second-order valence-corrected chi connectivity index (χ2v) is 5.09. The number of halogens is 1. The van der Waals surface area contributed by atoms with Gasteiger partial charge in [-0.05, 0) is 43.7 Å². The maximum absolute atomic E-state index is 12.1. The molecule has 1 aromatic carbocycles. The molecule has 1 aliphatic heterocycles. The number of carbonyl (C=O) groups excluding carboxylic acids is 1. The lowest BCUT2D eigenvalue weighted by molar-refractivity contribution is -0.133. The summed E-state index contributed by atoms with van der Waals surface area (Å²) in [5.74, 6) is 1.57. The third-order valence-corrected chi connectivity index (χ3v) is 3.35. The van der Waals surface area contributed by atoms with E-state index in [1.54, 1.807) is 0 Å². The molecule has 1 aromatic rings. The number of hydrogen-bond acceptors (Lipinski definition) is 4. The molecule has 5 nitrogen and oxygen atoms in total. The molecule has 124 valence electrons. The van der Waals surface area contributed by atoms with E-state index in [0.29, 0.717) is 12.4 Å². The number of nitrogens with zero attached hydrogens (tertiary/aromatic N) is 1. The van der Waals surface area contributed by atoms with Crippen molar-refractivity contribution < 1.29 is 14.3 Å². The van der Waals surface area contributed by atoms with Crippen LogP contribution in [0.5, 0.6) is 11.5 Å². The fourth-order valence-corrected chi connectivity index (χ4v) is 2.18. The molecule has 2 rings (SSSR count). The number of carbonyl (C=O) groups is 1. The van der Waals surface area contributed by atoms with Gasteiger partial charge in [0.25, 0.3) is 5.91 Å². The molecule has 1 aliphatic rings. The lowest BCUT2D eigenvalue weighted by Gasteiger charge is -2.20. The van der Waals surface area contributed by atoms with Gasteiger partial charge in [-0.15, -0.1) is 12.4 Å². The molecule has 6 heteroatoms. The highest BCUT2D eigenvalue weighted by Gasteiger charge is 2.15. The van der Waals surface area contributed by atoms with E-state index in [0.717, 1.165) is 44.8 Å². The Morgan fingerprint density at radius 1 is 1.14 bits per heavy atom. The van der Waals surface area contributed by atoms with Gasteiger partial charge in [-0.1, -0.05) is 6.92 Å². The van der Waals surface area contributed by atoms with Crippen LogP contribution in [0, 0.1) is 0 Å². The van der Waals surface area contributed by atoms with E-state index in [4.69, 9.17) is 9.47 Å². The van der Waals surface area contributed by atoms with E-state index in [1.165, 1.54) is 0 Å². The van der Waals surface area contributed by atoms with Crippen molar-refractivity contribution in [3.05, 3.63) is 24.3 Å². The summed E-state index contributed by atoms with van der Waals surface area (Å²) in [5.41, 5.74) is 0. The third-order valence-electron chi connectivity index (χ3n) is 3.35. The Hall–Kier alpha value is -1.46. The monoisotopic (exact) mass is 328 g/mol. The Bertz CT molecular complexity index is 432. The van der Waals surface area contributed by atoms with Gasteiger partial charge in [0.15, 0.2) is 6.61 Å². The second kappa shape index (κ2) is 10.3. The minimum absolute atomic E-state index is 0. The zero-order chi connectivity index (χ0) is 14.9. The Morgan fingerprint density at radius 2 is 1.82 bits per heavy atom. The zero-order valence-corrected chi connectivity index (χ0v) is 13.9. The molecule has 0 atom stereocenters. The van der Waals surface area contributed by atoms with E-state index in [1.807, 2.05) is 29.2 Å². The van der Waals surface area contributed by atoms with Crippen LogP contribution in [0.2, 0.25) is 0 Å². The number of benzene rings is 1. The average molecular weight is 329 g/mol. The Kier molecular flexibility index (Phi) is 8.70. The van der Waals surface area contributed by atoms with E-state index >= 15 is 0 Å². The molecule has 0 aliphatic carbocycles. The van der Waals surface area contributed by atoms with E-state index in [9.17, 15) is 4.79 Å². The summed E-state index contributed by atoms with van der Waals surface area (Å²) in [7, 11) is 0. The van der Waals surface area contributed by atoms with Crippen LogP contribution in [-0.4, -0.2) is 50.2 Å². The van der Waals surface area contributed by atoms with Gasteiger partial charge in [-0.2, -0.15) is 0 Å². The maximum atomic E-state index is 12.1. The van der Waals surface area contributed by atoms with Gasteiger partial charge in [0.2, 0.25) is 0 Å². The SMILES string of the molecule is CCCOc1ccc(OCC(=O)N2CCCNCC2)cc1.Cl. The third kappa shape index (κ3) is 6.12. The van der Waals surface area contributed by atoms with Crippen molar-refractivity contribution >= 4 is 18.3 Å². The van der Waals surface area contributed by atoms with Crippen LogP contribution in [-0.2, 0) is 4.79 Å². The van der Waals surface area contributed by atoms with E-state index < -0.39 is 0 Å². The van der Waals surface area contributed by atoms with Gasteiger partial charge in [-0.25, -0.2) is 0 Å². The van der Waals surface area contributed by atoms with Gasteiger partial charge in [0.1, 0.15) is 11.5 Å². The van der Waals surface area contributed by atoms with Crippen molar-refractivity contribution in [3.8, 4) is 11.5 Å². The number of hydrogen-bond donors (Lipinski definition) is 1. The molecule has 1 heterocycles. The van der Waals surface area contributed by atoms with Gasteiger partial charge >= 0.3 is 0 Å². The van der Waals surface area contributed by atoms with E-state index in [2.05, 4.69) is 12.2 Å². The van der Waals surface area contributed by atoms with Crippen LogP contribution in [0.25, 0.3) is 0 Å². The van der Waals surface area contributed by atoms with Crippen LogP contribution < -0.4 is 14.8 Å². The highest BCUT2D eigenvalue weighted by Crippen LogP contribution is 2.17. The van der Waals surface area contributed by atoms with E-state index in [-0.39, 0.29) is 24.9 Å². The van der Waals surface area contributed by atoms with Gasteiger partial charge < -0.3 is 19.7 Å². The molecule has 1 saturated heterocycles. The highest BCUT2D eigenvalue weighted by atomic mass is 35.5. The van der Waals surface area contributed by atoms with Gasteiger partial charge in [-0.3, -0.25) is 4.79 Å². The van der Waals surface area contributed by atoms with Crippen LogP contribution in [0.15, 0.2) is 24.3 Å². The fourth-order valence-electron chi connectivity index (χ4n) is 2.18. The summed E-state index contributed by atoms with van der Waals surface area (Å²) < 4.78 is 11.1. The molecular weight excluding hydrogens is 304 g/mol. The van der Waals surface area contributed by atoms with Gasteiger partial charge in [0, 0.05) is 19.6 Å². The molecule has 0 saturated carbocycles. The lowest BCUT2D eigenvalue weighted by Crippen LogP contribution is -2.37. The number of rotatable bonds is 6. The summed E-state index contributed by atoms with van der Waals surface area (Å²) in [6, 6.07) is 7.40. The first-order valence-corrected chi connectivity index (χ1v) is 7.63. The summed E-state index contributed by atoms with van der Waals surface area (Å²) in [6.07, 6.45) is 1.98. The molecule has 0 unspecified atom stereocenters. The molecule has 0 aromatic heterocycles. The van der Waals surface area contributed by atoms with Crippen molar-refractivity contribution in [3.63, 3.8) is 0 Å². The maximum Gasteiger partial charge on any atom is 0.260 e. The number of ether oxygens (including phenoxy) is 2. The first-order chi connectivity index (χ1) is 10.3. The molecule has 1 amide bonds. The Morgan fingerprint density at radius 3 is 2.50 bits per heavy atom. The topological polar surface area (TPSA) is 50.8 Å². The van der Waals surface area contributed by atoms with Crippen molar-refractivity contribution in [2.24, 2.45) is 0 Å². The normalized spacial score (nSPS) is 14.7. The molecule has 1 fully saturated rings. The first-order valence-electron chi connectivity index (χ1n) is 7.63. The molecule has 0 bridgehead atoms. The van der Waals surface area contributed by atoms with Crippen molar-refractivity contribution in [1.29, 1.82) is 0 Å². The molecular formula is C16H25ClN2O3. The Balaban J connectivity index is 0.00000242. The highest BCUT2D eigenvalue weighted by molar-refractivity contribution is 5.85.